The van der Waals surface area contributed by atoms with Crippen LogP contribution in [0.1, 0.15) is 65.0 Å². The standard InChI is InChI=1S/C21H18ClN3O.C4H8.C2H6/c1-21(2)9-8-18-24-17-12-14(6-7-15-5-3-4-10-23-15)11-16(22)19(17)20(26)25(18)13-21;1-3-4-2;1-2/h3-5,10-12H,8-9,13H2,1-2H3;3-4H,1-2H3;1-2H3/b;4-3-;. The lowest BCUT2D eigenvalue weighted by molar-refractivity contribution is 0.240. The Labute approximate surface area is 196 Å². The molecule has 5 heteroatoms. The maximum Gasteiger partial charge on any atom is 0.262 e. The Morgan fingerprint density at radius 3 is 2.47 bits per heavy atom. The van der Waals surface area contributed by atoms with Crippen molar-refractivity contribution in [2.45, 2.75) is 60.9 Å². The highest BCUT2D eigenvalue weighted by molar-refractivity contribution is 6.35. The van der Waals surface area contributed by atoms with E-state index < -0.39 is 0 Å². The summed E-state index contributed by atoms with van der Waals surface area (Å²) in [7, 11) is 0. The van der Waals surface area contributed by atoms with Crippen LogP contribution in [0.5, 0.6) is 0 Å². The van der Waals surface area contributed by atoms with Gasteiger partial charge in [-0.25, -0.2) is 9.97 Å². The summed E-state index contributed by atoms with van der Waals surface area (Å²) in [6.45, 7) is 13.0. The fraction of sp³-hybridized carbons (Fsp3) is 0.370. The number of allylic oxidation sites excluding steroid dienone is 2. The van der Waals surface area contributed by atoms with Gasteiger partial charge in [-0.2, -0.15) is 0 Å². The van der Waals surface area contributed by atoms with Crippen molar-refractivity contribution < 1.29 is 0 Å². The number of benzene rings is 1. The van der Waals surface area contributed by atoms with Crippen LogP contribution < -0.4 is 5.56 Å². The van der Waals surface area contributed by atoms with E-state index in [0.29, 0.717) is 28.2 Å². The van der Waals surface area contributed by atoms with E-state index in [0.717, 1.165) is 24.2 Å². The Morgan fingerprint density at radius 2 is 1.84 bits per heavy atom. The molecule has 0 aliphatic carbocycles. The van der Waals surface area contributed by atoms with Crippen LogP contribution in [-0.4, -0.2) is 14.5 Å². The third-order valence-corrected chi connectivity index (χ3v) is 5.33. The van der Waals surface area contributed by atoms with Crippen LogP contribution in [-0.2, 0) is 13.0 Å². The molecule has 1 aliphatic heterocycles. The van der Waals surface area contributed by atoms with Crippen molar-refractivity contribution in [3.63, 3.8) is 0 Å². The zero-order valence-electron chi connectivity index (χ0n) is 19.9. The van der Waals surface area contributed by atoms with Gasteiger partial charge in [0.05, 0.1) is 15.9 Å². The lowest BCUT2D eigenvalue weighted by atomic mass is 9.85. The number of fused-ring (bicyclic) bond motifs is 2. The molecule has 168 valence electrons. The Hall–Kier alpha value is -2.90. The van der Waals surface area contributed by atoms with Gasteiger partial charge >= 0.3 is 0 Å². The van der Waals surface area contributed by atoms with Crippen LogP contribution in [0.3, 0.4) is 0 Å². The molecule has 0 saturated carbocycles. The summed E-state index contributed by atoms with van der Waals surface area (Å²) >= 11 is 6.43. The Kier molecular flexibility index (Phi) is 9.23. The largest absolute Gasteiger partial charge is 0.296 e. The third-order valence-electron chi connectivity index (χ3n) is 5.03. The van der Waals surface area contributed by atoms with Gasteiger partial charge in [0.15, 0.2) is 0 Å². The molecule has 4 rings (SSSR count). The highest BCUT2D eigenvalue weighted by Gasteiger charge is 2.27. The molecule has 0 N–H and O–H groups in total. The topological polar surface area (TPSA) is 47.8 Å². The van der Waals surface area contributed by atoms with Gasteiger partial charge in [0.25, 0.3) is 5.56 Å². The van der Waals surface area contributed by atoms with E-state index in [2.05, 4.69) is 30.7 Å². The minimum Gasteiger partial charge on any atom is -0.296 e. The molecule has 3 heterocycles. The summed E-state index contributed by atoms with van der Waals surface area (Å²) in [5.74, 6) is 6.90. The molecule has 0 radical (unpaired) electrons. The number of pyridine rings is 1. The van der Waals surface area contributed by atoms with Gasteiger partial charge in [-0.1, -0.05) is 63.4 Å². The van der Waals surface area contributed by atoms with E-state index in [1.165, 1.54) is 0 Å². The van der Waals surface area contributed by atoms with Crippen molar-refractivity contribution >= 4 is 22.5 Å². The summed E-state index contributed by atoms with van der Waals surface area (Å²) in [6, 6.07) is 9.14. The molecule has 0 bridgehead atoms. The molecule has 32 heavy (non-hydrogen) atoms. The van der Waals surface area contributed by atoms with E-state index in [-0.39, 0.29) is 11.0 Å². The molecule has 0 saturated heterocycles. The zero-order chi connectivity index (χ0) is 23.7. The molecule has 0 amide bonds. The molecule has 0 unspecified atom stereocenters. The fourth-order valence-corrected chi connectivity index (χ4v) is 3.60. The highest BCUT2D eigenvalue weighted by Crippen LogP contribution is 2.30. The summed E-state index contributed by atoms with van der Waals surface area (Å²) in [5.41, 5.74) is 2.04. The van der Waals surface area contributed by atoms with Crippen LogP contribution in [0.25, 0.3) is 10.9 Å². The van der Waals surface area contributed by atoms with Crippen molar-refractivity contribution in [1.29, 1.82) is 0 Å². The number of aromatic nitrogens is 3. The highest BCUT2D eigenvalue weighted by atomic mass is 35.5. The first kappa shape index (κ1) is 25.4. The van der Waals surface area contributed by atoms with Gasteiger partial charge in [-0.15, -0.1) is 0 Å². The lowest BCUT2D eigenvalue weighted by Crippen LogP contribution is -2.36. The molecular weight excluding hydrogens is 418 g/mol. The Morgan fingerprint density at radius 1 is 1.12 bits per heavy atom. The first-order valence-electron chi connectivity index (χ1n) is 11.1. The van der Waals surface area contributed by atoms with Crippen molar-refractivity contribution in [3.8, 4) is 11.8 Å². The van der Waals surface area contributed by atoms with Gasteiger partial charge in [0.1, 0.15) is 11.5 Å². The summed E-state index contributed by atoms with van der Waals surface area (Å²) in [4.78, 5) is 21.9. The molecule has 1 aromatic carbocycles. The molecule has 2 aromatic heterocycles. The van der Waals surface area contributed by atoms with E-state index in [9.17, 15) is 4.79 Å². The third kappa shape index (κ3) is 6.31. The van der Waals surface area contributed by atoms with Crippen molar-refractivity contribution in [2.24, 2.45) is 5.41 Å². The van der Waals surface area contributed by atoms with Gasteiger partial charge in [0, 0.05) is 24.7 Å². The van der Waals surface area contributed by atoms with E-state index in [1.54, 1.807) is 16.8 Å². The number of aryl methyl sites for hydroxylation is 1. The average Bonchev–Trinajstić information content (AvgIpc) is 2.80. The van der Waals surface area contributed by atoms with Gasteiger partial charge < -0.3 is 0 Å². The van der Waals surface area contributed by atoms with E-state index in [4.69, 9.17) is 16.6 Å². The van der Waals surface area contributed by atoms with Gasteiger partial charge in [-0.3, -0.25) is 9.36 Å². The maximum atomic E-state index is 13.0. The average molecular weight is 450 g/mol. The van der Waals surface area contributed by atoms with Crippen molar-refractivity contribution in [1.82, 2.24) is 14.5 Å². The summed E-state index contributed by atoms with van der Waals surface area (Å²) < 4.78 is 1.77. The van der Waals surface area contributed by atoms with E-state index in [1.807, 2.05) is 64.1 Å². The minimum atomic E-state index is -0.0630. The predicted octanol–water partition coefficient (Wildman–Crippen LogP) is 6.43. The maximum absolute atomic E-state index is 13.0. The van der Waals surface area contributed by atoms with Gasteiger partial charge in [0.2, 0.25) is 0 Å². The number of hydrogen-bond donors (Lipinski definition) is 0. The molecule has 0 fully saturated rings. The SMILES string of the molecule is C/C=C\C.CC.CC1(C)CCc2nc3cc(C#Cc4ccccn4)cc(Cl)c3c(=O)n2C1. The molecule has 1 aliphatic rings. The van der Waals surface area contributed by atoms with Crippen molar-refractivity contribution in [3.05, 3.63) is 81.1 Å². The molecule has 0 atom stereocenters. The van der Waals surface area contributed by atoms with E-state index >= 15 is 0 Å². The summed E-state index contributed by atoms with van der Waals surface area (Å²) in [5, 5.41) is 0.862. The number of hydrogen-bond acceptors (Lipinski definition) is 3. The zero-order valence-corrected chi connectivity index (χ0v) is 20.6. The second kappa shape index (κ2) is 11.6. The predicted molar refractivity (Wildman–Crippen MR) is 135 cm³/mol. The minimum absolute atomic E-state index is 0.0630. The second-order valence-electron chi connectivity index (χ2n) is 8.07. The van der Waals surface area contributed by atoms with Crippen LogP contribution >= 0.6 is 11.6 Å². The molecule has 4 nitrogen and oxygen atoms in total. The molecule has 3 aromatic rings. The second-order valence-corrected chi connectivity index (χ2v) is 8.47. The summed E-state index contributed by atoms with van der Waals surface area (Å²) in [6.07, 6.45) is 7.51. The number of nitrogens with zero attached hydrogens (tertiary/aromatic N) is 3. The van der Waals surface area contributed by atoms with Crippen LogP contribution in [0, 0.1) is 17.3 Å². The van der Waals surface area contributed by atoms with Crippen LogP contribution in [0.4, 0.5) is 0 Å². The van der Waals surface area contributed by atoms with Crippen LogP contribution in [0.15, 0.2) is 53.5 Å². The monoisotopic (exact) mass is 449 g/mol. The van der Waals surface area contributed by atoms with Crippen LogP contribution in [0.2, 0.25) is 5.02 Å². The fourth-order valence-electron chi connectivity index (χ4n) is 3.30. The number of halogens is 1. The Bertz CT molecular complexity index is 1190. The van der Waals surface area contributed by atoms with Gasteiger partial charge in [-0.05, 0) is 55.9 Å². The first-order valence-corrected chi connectivity index (χ1v) is 11.5. The van der Waals surface area contributed by atoms with Crippen molar-refractivity contribution in [2.75, 3.05) is 0 Å². The normalized spacial score (nSPS) is 13.7. The quantitative estimate of drug-likeness (QED) is 0.293. The lowest BCUT2D eigenvalue weighted by Gasteiger charge is -2.31. The smallest absolute Gasteiger partial charge is 0.262 e. The molecule has 0 spiro atoms. The Balaban J connectivity index is 0.000000547. The first-order chi connectivity index (χ1) is 15.3. The number of rotatable bonds is 0. The molecular formula is C27H32ClN3O.